The molecule has 0 unspecified atom stereocenters. The Labute approximate surface area is 146 Å². The number of rotatable bonds is 3. The van der Waals surface area contributed by atoms with Crippen molar-refractivity contribution in [1.82, 2.24) is 19.6 Å². The molecular weight excluding hydrogens is 318 g/mol. The van der Waals surface area contributed by atoms with E-state index in [0.29, 0.717) is 29.6 Å². The summed E-state index contributed by atoms with van der Waals surface area (Å²) in [5, 5.41) is 8.30. The molecule has 0 spiro atoms. The number of nitrogen functional groups attached to an aromatic ring is 4. The van der Waals surface area contributed by atoms with Gasteiger partial charge >= 0.3 is 0 Å². The topological polar surface area (TPSA) is 152 Å². The van der Waals surface area contributed by atoms with E-state index < -0.39 is 0 Å². The van der Waals surface area contributed by atoms with E-state index >= 15 is 0 Å². The molecule has 0 bridgehead atoms. The number of hydrogen-bond donors (Lipinski definition) is 5. The van der Waals surface area contributed by atoms with E-state index in [2.05, 4.69) is 15.6 Å². The fourth-order valence-electron chi connectivity index (χ4n) is 2.34. The number of hydrogen-bond acceptors (Lipinski definition) is 7. The van der Waals surface area contributed by atoms with Gasteiger partial charge in [-0.2, -0.15) is 10.2 Å². The largest absolute Gasteiger partial charge is 0.394 e. The van der Waals surface area contributed by atoms with Gasteiger partial charge in [-0.1, -0.05) is 30.3 Å². The van der Waals surface area contributed by atoms with E-state index in [1.54, 1.807) is 16.4 Å². The number of aryl methyl sites for hydroxylation is 3. The number of aromatic nitrogens is 4. The van der Waals surface area contributed by atoms with E-state index in [1.807, 2.05) is 44.2 Å². The zero-order valence-corrected chi connectivity index (χ0v) is 14.7. The van der Waals surface area contributed by atoms with Gasteiger partial charge in [0, 0.05) is 7.05 Å². The van der Waals surface area contributed by atoms with Crippen molar-refractivity contribution in [1.29, 1.82) is 0 Å². The van der Waals surface area contributed by atoms with Gasteiger partial charge in [-0.25, -0.2) is 15.2 Å². The molecule has 0 aliphatic heterocycles. The van der Waals surface area contributed by atoms with Crippen LogP contribution in [0.3, 0.4) is 0 Å². The molecule has 0 atom stereocenters. The van der Waals surface area contributed by atoms with Crippen LogP contribution in [0.1, 0.15) is 17.0 Å². The van der Waals surface area contributed by atoms with Crippen LogP contribution in [0.2, 0.25) is 0 Å². The van der Waals surface area contributed by atoms with Gasteiger partial charge in [0.2, 0.25) is 0 Å². The first-order chi connectivity index (χ1) is 11.8. The van der Waals surface area contributed by atoms with Crippen LogP contribution in [0.25, 0.3) is 0 Å². The van der Waals surface area contributed by atoms with Crippen molar-refractivity contribution in [2.75, 3.05) is 22.6 Å². The molecule has 9 heteroatoms. The Hall–Kier alpha value is -3.20. The maximum absolute atomic E-state index is 5.83. The zero-order valence-electron chi connectivity index (χ0n) is 14.7. The molecule has 9 nitrogen and oxygen atoms in total. The van der Waals surface area contributed by atoms with Crippen molar-refractivity contribution in [3.05, 3.63) is 47.3 Å². The van der Waals surface area contributed by atoms with Crippen molar-refractivity contribution in [2.24, 2.45) is 12.9 Å². The smallest absolute Gasteiger partial charge is 0.161 e. The third-order valence-electron chi connectivity index (χ3n) is 3.79. The lowest BCUT2D eigenvalue weighted by Crippen LogP contribution is -2.12. The fraction of sp³-hybridized carbons (Fsp3) is 0.250. The molecule has 0 amide bonds. The van der Waals surface area contributed by atoms with Gasteiger partial charge in [0.05, 0.1) is 29.3 Å². The highest BCUT2D eigenvalue weighted by atomic mass is 15.4. The molecule has 2 heterocycles. The molecular formula is C16H25N9. The van der Waals surface area contributed by atoms with E-state index in [0.717, 1.165) is 17.0 Å². The molecule has 0 aliphatic carbocycles. The fourth-order valence-corrected chi connectivity index (χ4v) is 2.34. The predicted octanol–water partition coefficient (Wildman–Crippen LogP) is 1.00. The summed E-state index contributed by atoms with van der Waals surface area (Å²) in [6.45, 7) is 4.34. The lowest BCUT2D eigenvalue weighted by Gasteiger charge is -2.03. The van der Waals surface area contributed by atoms with Crippen molar-refractivity contribution in [3.8, 4) is 0 Å². The first-order valence-electron chi connectivity index (χ1n) is 7.73. The first kappa shape index (κ1) is 18.1. The van der Waals surface area contributed by atoms with E-state index in [4.69, 9.17) is 23.0 Å². The minimum Gasteiger partial charge on any atom is -0.394 e. The molecule has 0 aliphatic rings. The maximum atomic E-state index is 5.83. The second kappa shape index (κ2) is 7.58. The second-order valence-electron chi connectivity index (χ2n) is 5.64. The Bertz CT molecular complexity index is 833. The molecule has 3 rings (SSSR count). The molecule has 0 saturated carbocycles. The summed E-state index contributed by atoms with van der Waals surface area (Å²) < 4.78 is 3.32. The third-order valence-corrected chi connectivity index (χ3v) is 3.79. The molecule has 0 radical (unpaired) electrons. The summed E-state index contributed by atoms with van der Waals surface area (Å²) in [4.78, 5) is 0. The van der Waals surface area contributed by atoms with E-state index in [1.165, 1.54) is 0 Å². The monoisotopic (exact) mass is 343 g/mol. The SMILES string of the molecule is Cc1nn(C)c(NN)c1N.Cc1nn(Cc2ccccc2)c(N)c1N. The maximum Gasteiger partial charge on any atom is 0.161 e. The molecule has 0 fully saturated rings. The summed E-state index contributed by atoms with van der Waals surface area (Å²) in [7, 11) is 1.78. The van der Waals surface area contributed by atoms with Crippen LogP contribution in [0.15, 0.2) is 30.3 Å². The summed E-state index contributed by atoms with van der Waals surface area (Å²) in [5.74, 6) is 6.36. The summed E-state index contributed by atoms with van der Waals surface area (Å²) in [6, 6.07) is 10.0. The van der Waals surface area contributed by atoms with Gasteiger partial charge < -0.3 is 22.6 Å². The molecule has 1 aromatic carbocycles. The Kier molecular flexibility index (Phi) is 5.50. The molecule has 0 saturated heterocycles. The van der Waals surface area contributed by atoms with Gasteiger partial charge in [-0.3, -0.25) is 0 Å². The van der Waals surface area contributed by atoms with Crippen LogP contribution in [0.5, 0.6) is 0 Å². The number of nitrogens with one attached hydrogen (secondary N) is 1. The van der Waals surface area contributed by atoms with Crippen LogP contribution in [-0.4, -0.2) is 19.6 Å². The number of nitrogens with zero attached hydrogens (tertiary/aromatic N) is 4. The quantitative estimate of drug-likeness (QED) is 0.351. The van der Waals surface area contributed by atoms with E-state index in [9.17, 15) is 0 Å². The van der Waals surface area contributed by atoms with Crippen LogP contribution in [-0.2, 0) is 13.6 Å². The minimum absolute atomic E-state index is 0.538. The van der Waals surface area contributed by atoms with Crippen molar-refractivity contribution in [3.63, 3.8) is 0 Å². The predicted molar refractivity (Wildman–Crippen MR) is 102 cm³/mol. The lowest BCUT2D eigenvalue weighted by molar-refractivity contribution is 0.689. The van der Waals surface area contributed by atoms with Crippen molar-refractivity contribution < 1.29 is 0 Å². The number of benzene rings is 1. The van der Waals surface area contributed by atoms with Crippen molar-refractivity contribution in [2.45, 2.75) is 20.4 Å². The second-order valence-corrected chi connectivity index (χ2v) is 5.64. The lowest BCUT2D eigenvalue weighted by atomic mass is 10.2. The Balaban J connectivity index is 0.000000196. The average Bonchev–Trinajstić information content (AvgIpc) is 2.98. The molecule has 9 N–H and O–H groups in total. The molecule has 134 valence electrons. The third kappa shape index (κ3) is 4.01. The van der Waals surface area contributed by atoms with Gasteiger partial charge in [0.1, 0.15) is 5.82 Å². The van der Waals surface area contributed by atoms with Crippen LogP contribution >= 0.6 is 0 Å². The van der Waals surface area contributed by atoms with Gasteiger partial charge in [0.15, 0.2) is 5.82 Å². The minimum atomic E-state index is 0.538. The Morgan fingerprint density at radius 1 is 0.960 bits per heavy atom. The van der Waals surface area contributed by atoms with Crippen molar-refractivity contribution >= 4 is 23.0 Å². The standard InChI is InChI=1S/C11H14N4.C5H11N5/c1-8-10(12)11(13)15(14-8)7-9-5-3-2-4-6-9;1-3-4(6)5(8-7)10(2)9-3/h2-6H,7,12-13H2,1H3;8H,6-7H2,1-2H3. The van der Waals surface area contributed by atoms with Crippen LogP contribution < -0.4 is 28.5 Å². The highest BCUT2D eigenvalue weighted by Gasteiger charge is 2.08. The molecule has 25 heavy (non-hydrogen) atoms. The van der Waals surface area contributed by atoms with Gasteiger partial charge in [-0.05, 0) is 19.4 Å². The number of hydrazine groups is 1. The van der Waals surface area contributed by atoms with Gasteiger partial charge in [-0.15, -0.1) is 0 Å². The van der Waals surface area contributed by atoms with E-state index in [-0.39, 0.29) is 0 Å². The first-order valence-corrected chi connectivity index (χ1v) is 7.73. The van der Waals surface area contributed by atoms with Crippen LogP contribution in [0.4, 0.5) is 23.0 Å². The van der Waals surface area contributed by atoms with Gasteiger partial charge in [0.25, 0.3) is 0 Å². The highest BCUT2D eigenvalue weighted by Crippen LogP contribution is 2.19. The highest BCUT2D eigenvalue weighted by molar-refractivity contribution is 5.64. The molecule has 3 aromatic rings. The molecule has 2 aromatic heterocycles. The van der Waals surface area contributed by atoms with Crippen LogP contribution in [0, 0.1) is 13.8 Å². The number of nitrogens with two attached hydrogens (primary N) is 4. The summed E-state index contributed by atoms with van der Waals surface area (Å²) in [5.41, 5.74) is 23.5. The summed E-state index contributed by atoms with van der Waals surface area (Å²) >= 11 is 0. The zero-order chi connectivity index (χ0) is 18.6. The average molecular weight is 343 g/mol. The summed E-state index contributed by atoms with van der Waals surface area (Å²) in [6.07, 6.45) is 0. The Morgan fingerprint density at radius 3 is 1.96 bits per heavy atom. The number of anilines is 4. The Morgan fingerprint density at radius 2 is 1.56 bits per heavy atom. The normalized spacial score (nSPS) is 10.2.